The minimum Gasteiger partial charge on any atom is -0.387 e. The quantitative estimate of drug-likeness (QED) is 0.895. The monoisotopic (exact) mass is 304 g/mol. The van der Waals surface area contributed by atoms with Gasteiger partial charge in [0.15, 0.2) is 0 Å². The smallest absolute Gasteiger partial charge is 0.0938 e. The summed E-state index contributed by atoms with van der Waals surface area (Å²) in [5, 5.41) is 15.1. The highest BCUT2D eigenvalue weighted by Crippen LogP contribution is 2.29. The second-order valence-electron chi connectivity index (χ2n) is 5.96. The molecule has 0 bridgehead atoms. The molecule has 0 spiro atoms. The Morgan fingerprint density at radius 3 is 2.81 bits per heavy atom. The van der Waals surface area contributed by atoms with Gasteiger partial charge in [0.05, 0.1) is 17.8 Å². The van der Waals surface area contributed by atoms with Crippen LogP contribution in [0.1, 0.15) is 66.6 Å². The Labute approximate surface area is 130 Å². The van der Waals surface area contributed by atoms with Gasteiger partial charge >= 0.3 is 0 Å². The third kappa shape index (κ3) is 3.55. The molecule has 4 heteroatoms. The molecule has 1 unspecified atom stereocenters. The Kier molecular flexibility index (Phi) is 4.76. The lowest BCUT2D eigenvalue weighted by Gasteiger charge is -2.21. The fraction of sp³-hybridized carbons (Fsp3) is 0.588. The molecule has 2 aromatic heterocycles. The number of aromatic nitrogens is 2. The minimum absolute atomic E-state index is 0.426. The van der Waals surface area contributed by atoms with Crippen molar-refractivity contribution in [2.45, 2.75) is 64.0 Å². The molecule has 0 amide bonds. The van der Waals surface area contributed by atoms with Gasteiger partial charge < -0.3 is 5.11 Å². The van der Waals surface area contributed by atoms with Crippen molar-refractivity contribution in [3.8, 4) is 0 Å². The zero-order chi connectivity index (χ0) is 14.7. The van der Waals surface area contributed by atoms with Crippen molar-refractivity contribution in [3.63, 3.8) is 0 Å². The number of hydrogen-bond acceptors (Lipinski definition) is 3. The van der Waals surface area contributed by atoms with Crippen molar-refractivity contribution in [2.24, 2.45) is 0 Å². The fourth-order valence-corrected chi connectivity index (χ4v) is 4.04. The van der Waals surface area contributed by atoms with E-state index in [2.05, 4.69) is 35.0 Å². The second-order valence-corrected chi connectivity index (χ2v) is 7.16. The summed E-state index contributed by atoms with van der Waals surface area (Å²) in [6.07, 6.45) is 9.80. The molecule has 0 aliphatic heterocycles. The zero-order valence-corrected chi connectivity index (χ0v) is 13.5. The Hall–Kier alpha value is -1.13. The molecule has 1 aliphatic rings. The average Bonchev–Trinajstić information content (AvgIpc) is 3.17. The summed E-state index contributed by atoms with van der Waals surface area (Å²) in [5.41, 5.74) is 1.000. The van der Waals surface area contributed by atoms with Gasteiger partial charge in [0, 0.05) is 22.4 Å². The highest BCUT2D eigenvalue weighted by molar-refractivity contribution is 7.12. The third-order valence-electron chi connectivity index (χ3n) is 4.37. The van der Waals surface area contributed by atoms with E-state index < -0.39 is 6.10 Å². The zero-order valence-electron chi connectivity index (χ0n) is 12.7. The molecule has 3 rings (SSSR count). The summed E-state index contributed by atoms with van der Waals surface area (Å²) in [7, 11) is 0. The number of thiophene rings is 1. The third-order valence-corrected chi connectivity index (χ3v) is 5.71. The van der Waals surface area contributed by atoms with E-state index >= 15 is 0 Å². The normalized spacial score (nSPS) is 18.0. The van der Waals surface area contributed by atoms with Crippen molar-refractivity contribution in [3.05, 3.63) is 39.8 Å². The van der Waals surface area contributed by atoms with Gasteiger partial charge in [-0.05, 0) is 37.5 Å². The van der Waals surface area contributed by atoms with E-state index in [1.165, 1.54) is 37.0 Å². The van der Waals surface area contributed by atoms with E-state index in [0.717, 1.165) is 17.0 Å². The standard InChI is InChI=1S/C17H24N2OS/c1-2-15-8-9-17(21-15)16(20)12-13-10-11-19(18-13)14-6-4-3-5-7-14/h8-11,14,16,20H,2-7,12H2,1H3. The van der Waals surface area contributed by atoms with Gasteiger partial charge in [-0.15, -0.1) is 11.3 Å². The lowest BCUT2D eigenvalue weighted by molar-refractivity contribution is 0.180. The van der Waals surface area contributed by atoms with Crippen LogP contribution < -0.4 is 0 Å². The first-order chi connectivity index (χ1) is 10.3. The van der Waals surface area contributed by atoms with Crippen LogP contribution in [0.25, 0.3) is 0 Å². The van der Waals surface area contributed by atoms with Gasteiger partial charge in [0.2, 0.25) is 0 Å². The van der Waals surface area contributed by atoms with Gasteiger partial charge in [0.1, 0.15) is 0 Å². The first-order valence-electron chi connectivity index (χ1n) is 8.07. The Balaban J connectivity index is 1.63. The van der Waals surface area contributed by atoms with Crippen molar-refractivity contribution >= 4 is 11.3 Å². The Morgan fingerprint density at radius 2 is 2.10 bits per heavy atom. The summed E-state index contributed by atoms with van der Waals surface area (Å²) in [4.78, 5) is 2.39. The predicted octanol–water partition coefficient (Wildman–Crippen LogP) is 4.29. The van der Waals surface area contributed by atoms with E-state index in [1.54, 1.807) is 11.3 Å². The SMILES string of the molecule is CCc1ccc(C(O)Cc2ccn(C3CCCCC3)n2)s1. The van der Waals surface area contributed by atoms with E-state index in [-0.39, 0.29) is 0 Å². The van der Waals surface area contributed by atoms with Crippen molar-refractivity contribution in [1.29, 1.82) is 0 Å². The molecule has 1 atom stereocenters. The van der Waals surface area contributed by atoms with Crippen LogP contribution >= 0.6 is 11.3 Å². The molecular weight excluding hydrogens is 280 g/mol. The van der Waals surface area contributed by atoms with Gasteiger partial charge in [-0.2, -0.15) is 5.10 Å². The fourth-order valence-electron chi connectivity index (χ4n) is 3.10. The summed E-state index contributed by atoms with van der Waals surface area (Å²) < 4.78 is 2.12. The van der Waals surface area contributed by atoms with Gasteiger partial charge in [-0.25, -0.2) is 0 Å². The maximum Gasteiger partial charge on any atom is 0.0938 e. The topological polar surface area (TPSA) is 38.0 Å². The lowest BCUT2D eigenvalue weighted by atomic mass is 9.96. The second kappa shape index (κ2) is 6.75. The van der Waals surface area contributed by atoms with Gasteiger partial charge in [-0.1, -0.05) is 26.2 Å². The molecule has 1 N–H and O–H groups in total. The molecule has 3 nitrogen and oxygen atoms in total. The number of rotatable bonds is 5. The predicted molar refractivity (Wildman–Crippen MR) is 86.7 cm³/mol. The summed E-state index contributed by atoms with van der Waals surface area (Å²) >= 11 is 1.71. The molecule has 1 fully saturated rings. The van der Waals surface area contributed by atoms with Crippen molar-refractivity contribution in [2.75, 3.05) is 0 Å². The van der Waals surface area contributed by atoms with Crippen LogP contribution in [0.3, 0.4) is 0 Å². The molecule has 0 aromatic carbocycles. The highest BCUT2D eigenvalue weighted by atomic mass is 32.1. The Morgan fingerprint density at radius 1 is 1.29 bits per heavy atom. The highest BCUT2D eigenvalue weighted by Gasteiger charge is 2.17. The maximum absolute atomic E-state index is 10.4. The van der Waals surface area contributed by atoms with E-state index in [0.29, 0.717) is 12.5 Å². The largest absolute Gasteiger partial charge is 0.387 e. The van der Waals surface area contributed by atoms with E-state index in [9.17, 15) is 5.11 Å². The average molecular weight is 304 g/mol. The van der Waals surface area contributed by atoms with Crippen LogP contribution in [0, 0.1) is 0 Å². The summed E-state index contributed by atoms with van der Waals surface area (Å²) in [5.74, 6) is 0. The molecule has 2 aromatic rings. The lowest BCUT2D eigenvalue weighted by Crippen LogP contribution is -2.13. The van der Waals surface area contributed by atoms with Crippen LogP contribution in [-0.2, 0) is 12.8 Å². The van der Waals surface area contributed by atoms with Crippen LogP contribution in [0.4, 0.5) is 0 Å². The van der Waals surface area contributed by atoms with E-state index in [4.69, 9.17) is 0 Å². The summed E-state index contributed by atoms with van der Waals surface area (Å²) in [6.45, 7) is 2.15. The number of aryl methyl sites for hydroxylation is 1. The molecule has 114 valence electrons. The van der Waals surface area contributed by atoms with Gasteiger partial charge in [0.25, 0.3) is 0 Å². The van der Waals surface area contributed by atoms with E-state index in [1.807, 2.05) is 6.07 Å². The van der Waals surface area contributed by atoms with Crippen molar-refractivity contribution in [1.82, 2.24) is 9.78 Å². The van der Waals surface area contributed by atoms with Gasteiger partial charge in [-0.3, -0.25) is 4.68 Å². The number of nitrogens with zero attached hydrogens (tertiary/aromatic N) is 2. The van der Waals surface area contributed by atoms with Crippen LogP contribution in [0.15, 0.2) is 24.4 Å². The number of aliphatic hydroxyl groups excluding tert-OH is 1. The molecular formula is C17H24N2OS. The van der Waals surface area contributed by atoms with Crippen LogP contribution in [0.2, 0.25) is 0 Å². The molecule has 1 saturated carbocycles. The minimum atomic E-state index is -0.426. The molecule has 2 heterocycles. The molecule has 0 radical (unpaired) electrons. The number of aliphatic hydroxyl groups is 1. The first-order valence-corrected chi connectivity index (χ1v) is 8.88. The van der Waals surface area contributed by atoms with Crippen LogP contribution in [0.5, 0.6) is 0 Å². The molecule has 0 saturated heterocycles. The number of hydrogen-bond donors (Lipinski definition) is 1. The maximum atomic E-state index is 10.4. The Bertz CT molecular complexity index is 569. The molecule has 1 aliphatic carbocycles. The summed E-state index contributed by atoms with van der Waals surface area (Å²) in [6, 6.07) is 6.79. The first kappa shape index (κ1) is 14.8. The van der Waals surface area contributed by atoms with Crippen molar-refractivity contribution < 1.29 is 5.11 Å². The molecule has 21 heavy (non-hydrogen) atoms. The van der Waals surface area contributed by atoms with Crippen LogP contribution in [-0.4, -0.2) is 14.9 Å².